The Morgan fingerprint density at radius 2 is 1.63 bits per heavy atom. The molecule has 1 atom stereocenters. The highest BCUT2D eigenvalue weighted by atomic mass is 32.2. The van der Waals surface area contributed by atoms with Gasteiger partial charge in [0.2, 0.25) is 15.9 Å². The lowest BCUT2D eigenvalue weighted by atomic mass is 10.1. The van der Waals surface area contributed by atoms with E-state index in [4.69, 9.17) is 0 Å². The summed E-state index contributed by atoms with van der Waals surface area (Å²) in [7, 11) is -4.08. The van der Waals surface area contributed by atoms with E-state index in [0.29, 0.717) is 37.3 Å². The molecule has 2 heterocycles. The molecule has 0 saturated carbocycles. The molecule has 4 aromatic rings. The predicted molar refractivity (Wildman–Crippen MR) is 132 cm³/mol. The molecule has 180 valence electrons. The third kappa shape index (κ3) is 4.88. The third-order valence-electron chi connectivity index (χ3n) is 5.97. The molecule has 1 aliphatic heterocycles. The highest BCUT2D eigenvalue weighted by molar-refractivity contribution is 7.89. The van der Waals surface area contributed by atoms with Crippen molar-refractivity contribution in [2.45, 2.75) is 10.9 Å². The Morgan fingerprint density at radius 3 is 2.34 bits per heavy atom. The van der Waals surface area contributed by atoms with E-state index in [1.54, 1.807) is 53.4 Å². The molecule has 1 aliphatic rings. The SMILES string of the molecule is O=C(C(NS(=O)(=O)c1cccc2nsnc12)c1ccccc1)N1CCN(c2ccc(F)cc2)CC1. The largest absolute Gasteiger partial charge is 0.368 e. The lowest BCUT2D eigenvalue weighted by molar-refractivity contribution is -0.133. The molecular weight excluding hydrogens is 489 g/mol. The molecule has 0 radical (unpaired) electrons. The summed E-state index contributed by atoms with van der Waals surface area (Å²) in [4.78, 5) is 17.3. The van der Waals surface area contributed by atoms with E-state index in [1.807, 2.05) is 6.07 Å². The van der Waals surface area contributed by atoms with Gasteiger partial charge < -0.3 is 9.80 Å². The standard InChI is InChI=1S/C24H22FN5O3S2/c25-18-9-11-19(12-10-18)29-13-15-30(16-14-29)24(31)22(17-5-2-1-3-6-17)28-35(32,33)21-8-4-7-20-23(21)27-34-26-20/h1-12,22,28H,13-16H2. The van der Waals surface area contributed by atoms with Crippen LogP contribution in [0, 0.1) is 5.82 Å². The highest BCUT2D eigenvalue weighted by Crippen LogP contribution is 2.25. The Bertz CT molecular complexity index is 1440. The molecule has 1 N–H and O–H groups in total. The number of amides is 1. The first-order valence-corrected chi connectivity index (χ1v) is 13.2. The number of fused-ring (bicyclic) bond motifs is 1. The molecule has 1 saturated heterocycles. The van der Waals surface area contributed by atoms with Crippen LogP contribution in [-0.4, -0.2) is 54.2 Å². The fourth-order valence-electron chi connectivity index (χ4n) is 4.14. The maximum absolute atomic E-state index is 13.6. The topological polar surface area (TPSA) is 95.5 Å². The quantitative estimate of drug-likeness (QED) is 0.427. The summed E-state index contributed by atoms with van der Waals surface area (Å²) in [6.45, 7) is 1.92. The second-order valence-corrected chi connectivity index (χ2v) is 10.4. The van der Waals surface area contributed by atoms with Crippen molar-refractivity contribution in [3.8, 4) is 0 Å². The van der Waals surface area contributed by atoms with Crippen LogP contribution >= 0.6 is 11.7 Å². The number of sulfonamides is 1. The zero-order valence-corrected chi connectivity index (χ0v) is 20.2. The Morgan fingerprint density at radius 1 is 0.914 bits per heavy atom. The minimum atomic E-state index is -4.08. The maximum Gasteiger partial charge on any atom is 0.245 e. The van der Waals surface area contributed by atoms with Gasteiger partial charge in [0, 0.05) is 31.9 Å². The van der Waals surface area contributed by atoms with Crippen molar-refractivity contribution in [1.29, 1.82) is 0 Å². The first-order chi connectivity index (χ1) is 16.9. The van der Waals surface area contributed by atoms with Crippen LogP contribution in [-0.2, 0) is 14.8 Å². The summed E-state index contributed by atoms with van der Waals surface area (Å²) in [5.74, 6) is -0.633. The van der Waals surface area contributed by atoms with Gasteiger partial charge in [-0.2, -0.15) is 13.5 Å². The smallest absolute Gasteiger partial charge is 0.245 e. The van der Waals surface area contributed by atoms with Crippen LogP contribution in [0.2, 0.25) is 0 Å². The second kappa shape index (κ2) is 9.68. The number of nitrogens with zero attached hydrogens (tertiary/aromatic N) is 4. The van der Waals surface area contributed by atoms with Crippen LogP contribution in [0.3, 0.4) is 0 Å². The summed E-state index contributed by atoms with van der Waals surface area (Å²) in [6.07, 6.45) is 0. The van der Waals surface area contributed by atoms with Crippen molar-refractivity contribution in [2.24, 2.45) is 0 Å². The number of aromatic nitrogens is 2. The molecule has 1 aromatic heterocycles. The predicted octanol–water partition coefficient (Wildman–Crippen LogP) is 3.20. The molecule has 5 rings (SSSR count). The average molecular weight is 512 g/mol. The van der Waals surface area contributed by atoms with Crippen molar-refractivity contribution in [3.05, 3.63) is 84.2 Å². The molecule has 0 aliphatic carbocycles. The number of halogens is 1. The molecule has 0 spiro atoms. The van der Waals surface area contributed by atoms with E-state index in [2.05, 4.69) is 18.4 Å². The van der Waals surface area contributed by atoms with Crippen molar-refractivity contribution in [1.82, 2.24) is 18.4 Å². The zero-order chi connectivity index (χ0) is 24.4. The van der Waals surface area contributed by atoms with Gasteiger partial charge in [0.25, 0.3) is 0 Å². The van der Waals surface area contributed by atoms with E-state index in [0.717, 1.165) is 17.4 Å². The third-order valence-corrected chi connectivity index (χ3v) is 7.97. The molecule has 0 bridgehead atoms. The average Bonchev–Trinajstić information content (AvgIpc) is 3.37. The van der Waals surface area contributed by atoms with E-state index in [9.17, 15) is 17.6 Å². The number of piperazine rings is 1. The van der Waals surface area contributed by atoms with Crippen molar-refractivity contribution >= 4 is 44.4 Å². The number of anilines is 1. The maximum atomic E-state index is 13.6. The molecular formula is C24H22FN5O3S2. The van der Waals surface area contributed by atoms with Crippen LogP contribution in [0.25, 0.3) is 11.0 Å². The molecule has 35 heavy (non-hydrogen) atoms. The van der Waals surface area contributed by atoms with Gasteiger partial charge in [0.15, 0.2) is 0 Å². The first-order valence-electron chi connectivity index (χ1n) is 11.0. The summed E-state index contributed by atoms with van der Waals surface area (Å²) in [5, 5.41) is 0. The van der Waals surface area contributed by atoms with Gasteiger partial charge in [-0.3, -0.25) is 4.79 Å². The van der Waals surface area contributed by atoms with Gasteiger partial charge in [-0.05, 0) is 42.0 Å². The van der Waals surface area contributed by atoms with Gasteiger partial charge in [-0.15, -0.1) is 0 Å². The lowest BCUT2D eigenvalue weighted by Gasteiger charge is -2.37. The molecule has 11 heteroatoms. The number of benzene rings is 3. The van der Waals surface area contributed by atoms with Crippen LogP contribution < -0.4 is 9.62 Å². The molecule has 1 amide bonds. The summed E-state index contributed by atoms with van der Waals surface area (Å²) in [6, 6.07) is 18.7. The van der Waals surface area contributed by atoms with E-state index in [-0.39, 0.29) is 22.1 Å². The van der Waals surface area contributed by atoms with Gasteiger partial charge in [0.05, 0.1) is 11.7 Å². The monoisotopic (exact) mass is 511 g/mol. The number of hydrogen-bond donors (Lipinski definition) is 1. The number of carbonyl (C=O) groups is 1. The van der Waals surface area contributed by atoms with E-state index >= 15 is 0 Å². The Hall–Kier alpha value is -3.41. The highest BCUT2D eigenvalue weighted by Gasteiger charge is 2.33. The van der Waals surface area contributed by atoms with Crippen molar-refractivity contribution in [3.63, 3.8) is 0 Å². The fraction of sp³-hybridized carbons (Fsp3) is 0.208. The zero-order valence-electron chi connectivity index (χ0n) is 18.5. The Kier molecular flexibility index (Phi) is 6.46. The first kappa shape index (κ1) is 23.3. The van der Waals surface area contributed by atoms with Crippen molar-refractivity contribution in [2.75, 3.05) is 31.1 Å². The van der Waals surface area contributed by atoms with Crippen LogP contribution in [0.5, 0.6) is 0 Å². The van der Waals surface area contributed by atoms with Crippen LogP contribution in [0.4, 0.5) is 10.1 Å². The fourth-order valence-corrected chi connectivity index (χ4v) is 6.09. The number of carbonyl (C=O) groups excluding carboxylic acids is 1. The molecule has 3 aromatic carbocycles. The molecule has 8 nitrogen and oxygen atoms in total. The second-order valence-electron chi connectivity index (χ2n) is 8.14. The number of rotatable bonds is 6. The minimum absolute atomic E-state index is 0.0152. The summed E-state index contributed by atoms with van der Waals surface area (Å²) >= 11 is 0.934. The van der Waals surface area contributed by atoms with Gasteiger partial charge in [-0.1, -0.05) is 36.4 Å². The van der Waals surface area contributed by atoms with Crippen molar-refractivity contribution < 1.29 is 17.6 Å². The Labute approximate surface area is 206 Å². The minimum Gasteiger partial charge on any atom is -0.368 e. The van der Waals surface area contributed by atoms with Gasteiger partial charge in [-0.25, -0.2) is 12.8 Å². The van der Waals surface area contributed by atoms with Crippen LogP contribution in [0.15, 0.2) is 77.7 Å². The van der Waals surface area contributed by atoms with Crippen LogP contribution in [0.1, 0.15) is 11.6 Å². The van der Waals surface area contributed by atoms with E-state index in [1.165, 1.54) is 18.2 Å². The van der Waals surface area contributed by atoms with Gasteiger partial charge in [0.1, 0.15) is 27.8 Å². The normalized spacial score (nSPS) is 15.3. The summed E-state index contributed by atoms with van der Waals surface area (Å²) in [5.41, 5.74) is 2.18. The molecule has 1 fully saturated rings. The summed E-state index contributed by atoms with van der Waals surface area (Å²) < 4.78 is 50.9. The lowest BCUT2D eigenvalue weighted by Crippen LogP contribution is -2.52. The van der Waals surface area contributed by atoms with E-state index < -0.39 is 16.1 Å². The molecule has 1 unspecified atom stereocenters. The Balaban J connectivity index is 1.38. The number of nitrogens with one attached hydrogen (secondary N) is 1. The van der Waals surface area contributed by atoms with Gasteiger partial charge >= 0.3 is 0 Å². The number of hydrogen-bond acceptors (Lipinski definition) is 7.